The van der Waals surface area contributed by atoms with E-state index in [4.69, 9.17) is 4.74 Å². The van der Waals surface area contributed by atoms with E-state index in [0.717, 1.165) is 53.7 Å². The minimum Gasteiger partial charge on any atom is -0.483 e. The van der Waals surface area contributed by atoms with Crippen LogP contribution in [0.25, 0.3) is 0 Å². The molecular formula is C28H26BrN3O5S2. The number of nitrogens with zero attached hydrogens (tertiary/aromatic N) is 2. The molecule has 3 amide bonds. The number of carbonyl (C=O) groups excluding carboxylic acids is 3. The molecule has 0 saturated carbocycles. The molecule has 0 radical (unpaired) electrons. The fourth-order valence-corrected chi connectivity index (χ4v) is 8.45. The molecule has 11 heteroatoms. The number of fused-ring (bicyclic) bond motifs is 2. The lowest BCUT2D eigenvalue weighted by Crippen LogP contribution is -2.38. The normalized spacial score (nSPS) is 22.6. The van der Waals surface area contributed by atoms with Gasteiger partial charge in [0.05, 0.1) is 16.6 Å². The number of carbonyl (C=O) groups is 3. The lowest BCUT2D eigenvalue weighted by atomic mass is 9.82. The highest BCUT2D eigenvalue weighted by Crippen LogP contribution is 2.54. The quantitative estimate of drug-likeness (QED) is 0.412. The molecule has 0 aliphatic carbocycles. The summed E-state index contributed by atoms with van der Waals surface area (Å²) in [6.07, 6.45) is 3.10. The maximum atomic E-state index is 14.0. The van der Waals surface area contributed by atoms with Crippen molar-refractivity contribution < 1.29 is 19.1 Å². The monoisotopic (exact) mass is 627 g/mol. The van der Waals surface area contributed by atoms with E-state index in [9.17, 15) is 19.2 Å². The fraction of sp³-hybridized carbons (Fsp3) is 0.357. The Morgan fingerprint density at radius 1 is 1.05 bits per heavy atom. The van der Waals surface area contributed by atoms with Crippen LogP contribution in [0.3, 0.4) is 0 Å². The van der Waals surface area contributed by atoms with Crippen molar-refractivity contribution in [2.45, 2.75) is 42.4 Å². The highest BCUT2D eigenvalue weighted by molar-refractivity contribution is 9.10. The number of nitrogens with one attached hydrogen (secondary N) is 1. The molecule has 2 fully saturated rings. The third-order valence-electron chi connectivity index (χ3n) is 7.48. The highest BCUT2D eigenvalue weighted by atomic mass is 79.9. The molecule has 4 heterocycles. The van der Waals surface area contributed by atoms with Gasteiger partial charge in [0.15, 0.2) is 6.61 Å². The molecule has 1 aromatic heterocycles. The summed E-state index contributed by atoms with van der Waals surface area (Å²) in [5.74, 6) is -1.57. The maximum Gasteiger partial charge on any atom is 0.305 e. The van der Waals surface area contributed by atoms with Crippen LogP contribution in [-0.2, 0) is 14.4 Å². The van der Waals surface area contributed by atoms with E-state index in [0.29, 0.717) is 26.9 Å². The van der Waals surface area contributed by atoms with Gasteiger partial charge >= 0.3 is 4.87 Å². The van der Waals surface area contributed by atoms with Gasteiger partial charge in [-0.1, -0.05) is 56.7 Å². The van der Waals surface area contributed by atoms with Gasteiger partial charge in [-0.15, -0.1) is 0 Å². The van der Waals surface area contributed by atoms with Crippen molar-refractivity contribution in [3.05, 3.63) is 72.6 Å². The van der Waals surface area contributed by atoms with Crippen molar-refractivity contribution in [1.82, 2.24) is 9.88 Å². The molecule has 8 nitrogen and oxygen atoms in total. The Labute approximate surface area is 241 Å². The van der Waals surface area contributed by atoms with E-state index in [-0.39, 0.29) is 29.2 Å². The van der Waals surface area contributed by atoms with Gasteiger partial charge in [0.2, 0.25) is 11.8 Å². The largest absolute Gasteiger partial charge is 0.483 e. The number of likely N-dealkylation sites (tertiary alicyclic amines) is 1. The number of aryl methyl sites for hydroxylation is 1. The Kier molecular flexibility index (Phi) is 7.15. The van der Waals surface area contributed by atoms with Gasteiger partial charge in [-0.3, -0.25) is 19.2 Å². The third kappa shape index (κ3) is 4.85. The molecule has 6 rings (SSSR count). The molecule has 39 heavy (non-hydrogen) atoms. The number of benzene rings is 2. The molecule has 0 spiro atoms. The van der Waals surface area contributed by atoms with Crippen LogP contribution in [-0.4, -0.2) is 52.6 Å². The maximum absolute atomic E-state index is 14.0. The first-order valence-electron chi connectivity index (χ1n) is 12.9. The number of ether oxygens (including phenoxy) is 1. The van der Waals surface area contributed by atoms with Gasteiger partial charge in [0.1, 0.15) is 11.0 Å². The molecule has 0 bridgehead atoms. The summed E-state index contributed by atoms with van der Waals surface area (Å²) in [7, 11) is 0. The summed E-state index contributed by atoms with van der Waals surface area (Å²) < 4.78 is 6.87. The summed E-state index contributed by atoms with van der Waals surface area (Å²) in [6, 6.07) is 12.7. The standard InChI is InChI=1S/C28H26BrN3O5S2/c1-15-5-8-17(9-6-15)32-26(34)22-21(23-25(30-28(36)39-23)38-24(22)27(32)35)18-13-16(29)7-10-19(18)37-14-20(33)31-11-3-2-4-12-31/h5-10,13,21-22,24H,2-4,11-12,14H2,1H3,(H,30,36)/t21-,22?,24?/m1/s1. The molecule has 3 aromatic rings. The van der Waals surface area contributed by atoms with E-state index in [1.165, 1.54) is 16.7 Å². The number of thioether (sulfide) groups is 1. The van der Waals surface area contributed by atoms with E-state index < -0.39 is 17.1 Å². The number of hydrogen-bond donors (Lipinski definition) is 1. The second-order valence-corrected chi connectivity index (χ2v) is 13.1. The lowest BCUT2D eigenvalue weighted by Gasteiger charge is -2.31. The Hall–Kier alpha value is -2.89. The molecule has 2 saturated heterocycles. The first kappa shape index (κ1) is 26.3. The number of H-pyrrole nitrogens is 1. The topological polar surface area (TPSA) is 99.8 Å². The minimum absolute atomic E-state index is 0.0784. The number of thiazole rings is 1. The van der Waals surface area contributed by atoms with Crippen LogP contribution < -0.4 is 14.5 Å². The number of halogens is 1. The first-order chi connectivity index (χ1) is 18.8. The number of amides is 3. The van der Waals surface area contributed by atoms with E-state index in [1.807, 2.05) is 36.1 Å². The Balaban J connectivity index is 1.39. The summed E-state index contributed by atoms with van der Waals surface area (Å²) >= 11 is 5.82. The summed E-state index contributed by atoms with van der Waals surface area (Å²) in [4.78, 5) is 59.4. The fourth-order valence-electron chi connectivity index (χ4n) is 5.57. The summed E-state index contributed by atoms with van der Waals surface area (Å²) in [5.41, 5.74) is 2.21. The number of anilines is 1. The van der Waals surface area contributed by atoms with E-state index in [2.05, 4.69) is 20.9 Å². The molecule has 1 N–H and O–H groups in total. The molecule has 2 aromatic carbocycles. The van der Waals surface area contributed by atoms with Gasteiger partial charge in [-0.2, -0.15) is 0 Å². The van der Waals surface area contributed by atoms with Crippen LogP contribution in [0.4, 0.5) is 5.69 Å². The van der Waals surface area contributed by atoms with Crippen LogP contribution in [0, 0.1) is 12.8 Å². The zero-order valence-electron chi connectivity index (χ0n) is 21.1. The smallest absolute Gasteiger partial charge is 0.305 e. The Morgan fingerprint density at radius 2 is 1.79 bits per heavy atom. The zero-order chi connectivity index (χ0) is 27.3. The average molecular weight is 629 g/mol. The van der Waals surface area contributed by atoms with Crippen LogP contribution >= 0.6 is 39.0 Å². The molecule has 2 unspecified atom stereocenters. The lowest BCUT2D eigenvalue weighted by molar-refractivity contribution is -0.134. The molecule has 3 aliphatic rings. The van der Waals surface area contributed by atoms with Crippen LogP contribution in [0.2, 0.25) is 0 Å². The predicted molar refractivity (Wildman–Crippen MR) is 154 cm³/mol. The van der Waals surface area contributed by atoms with Crippen LogP contribution in [0.1, 0.15) is 41.2 Å². The first-order valence-corrected chi connectivity index (χ1v) is 15.3. The van der Waals surface area contributed by atoms with Gasteiger partial charge < -0.3 is 14.6 Å². The van der Waals surface area contributed by atoms with Crippen molar-refractivity contribution in [1.29, 1.82) is 0 Å². The second-order valence-electron chi connectivity index (χ2n) is 10.0. The number of hydrogen-bond acceptors (Lipinski definition) is 7. The van der Waals surface area contributed by atoms with E-state index in [1.54, 1.807) is 18.2 Å². The van der Waals surface area contributed by atoms with Crippen molar-refractivity contribution in [2.75, 3.05) is 24.6 Å². The SMILES string of the molecule is Cc1ccc(N2C(=O)C3Sc4[nH]c(=O)sc4[C@H](c4cc(Br)ccc4OCC(=O)N4CCCCC4)C3C2=O)cc1. The van der Waals surface area contributed by atoms with E-state index >= 15 is 0 Å². The third-order valence-corrected chi connectivity index (χ3v) is 10.4. The number of aromatic amines is 1. The zero-order valence-corrected chi connectivity index (χ0v) is 24.4. The van der Waals surface area contributed by atoms with Gasteiger partial charge in [-0.25, -0.2) is 4.90 Å². The van der Waals surface area contributed by atoms with Crippen molar-refractivity contribution >= 4 is 62.4 Å². The number of rotatable bonds is 5. The Bertz CT molecular complexity index is 1510. The van der Waals surface area contributed by atoms with Crippen molar-refractivity contribution in [3.8, 4) is 5.75 Å². The second kappa shape index (κ2) is 10.6. The van der Waals surface area contributed by atoms with Crippen LogP contribution in [0.5, 0.6) is 5.75 Å². The van der Waals surface area contributed by atoms with Crippen molar-refractivity contribution in [3.63, 3.8) is 0 Å². The van der Waals surface area contributed by atoms with Gasteiger partial charge in [-0.05, 0) is 56.5 Å². The minimum atomic E-state index is -0.739. The number of aromatic nitrogens is 1. The highest BCUT2D eigenvalue weighted by Gasteiger charge is 2.56. The predicted octanol–water partition coefficient (Wildman–Crippen LogP) is 4.69. The van der Waals surface area contributed by atoms with Crippen LogP contribution in [0.15, 0.2) is 56.8 Å². The summed E-state index contributed by atoms with van der Waals surface area (Å²) in [5, 5.41) is -0.109. The van der Waals surface area contributed by atoms with Gasteiger partial charge in [0, 0.05) is 33.9 Å². The number of imide groups is 1. The van der Waals surface area contributed by atoms with Gasteiger partial charge in [0.25, 0.3) is 5.91 Å². The summed E-state index contributed by atoms with van der Waals surface area (Å²) in [6.45, 7) is 3.28. The molecule has 202 valence electrons. The number of piperidine rings is 1. The Morgan fingerprint density at radius 3 is 2.54 bits per heavy atom. The van der Waals surface area contributed by atoms with Crippen molar-refractivity contribution in [2.24, 2.45) is 5.92 Å². The average Bonchev–Trinajstić information content (AvgIpc) is 3.43. The molecular weight excluding hydrogens is 602 g/mol. The molecule has 3 aliphatic heterocycles. The molecule has 3 atom stereocenters.